The third-order valence-corrected chi connectivity index (χ3v) is 3.93. The molecule has 2 N–H and O–H groups in total. The van der Waals surface area contributed by atoms with E-state index in [-0.39, 0.29) is 16.3 Å². The monoisotopic (exact) mass is 303 g/mol. The molecule has 1 aromatic rings. The second-order valence-corrected chi connectivity index (χ2v) is 5.61. The van der Waals surface area contributed by atoms with Crippen molar-refractivity contribution in [1.29, 1.82) is 0 Å². The van der Waals surface area contributed by atoms with E-state index in [0.29, 0.717) is 5.56 Å². The van der Waals surface area contributed by atoms with E-state index in [1.807, 2.05) is 0 Å². The molecule has 1 rings (SSSR count). The quantitative estimate of drug-likeness (QED) is 0.883. The van der Waals surface area contributed by atoms with Gasteiger partial charge in [0.1, 0.15) is 5.75 Å². The molecule has 0 amide bonds. The first-order chi connectivity index (χ1) is 7.97. The number of hydrogen-bond acceptors (Lipinski definition) is 3. The van der Waals surface area contributed by atoms with E-state index in [1.54, 1.807) is 0 Å². The van der Waals surface area contributed by atoms with Crippen LogP contribution >= 0.6 is 11.6 Å². The number of nitrogens with one attached hydrogen (secondary N) is 1. The smallest absolute Gasteiger partial charge is 0.508 e. The van der Waals surface area contributed by atoms with Gasteiger partial charge in [-0.3, -0.25) is 4.72 Å². The number of alkyl halides is 3. The largest absolute Gasteiger partial charge is 0.516 e. The fourth-order valence-corrected chi connectivity index (χ4v) is 2.01. The van der Waals surface area contributed by atoms with Crippen LogP contribution in [0.2, 0.25) is 5.02 Å². The Hall–Kier alpha value is -1.15. The molecule has 1 aromatic carbocycles. The minimum atomic E-state index is -5.57. The zero-order valence-corrected chi connectivity index (χ0v) is 10.8. The number of halogens is 4. The van der Waals surface area contributed by atoms with Gasteiger partial charge in [-0.15, -0.1) is 0 Å². The Morgan fingerprint density at radius 3 is 2.22 bits per heavy atom. The summed E-state index contributed by atoms with van der Waals surface area (Å²) < 4.78 is 59.6. The minimum Gasteiger partial charge on any atom is -0.508 e. The average molecular weight is 304 g/mol. The molecular weight excluding hydrogens is 295 g/mol. The minimum absolute atomic E-state index is 0.196. The second-order valence-electron chi connectivity index (χ2n) is 3.56. The predicted molar refractivity (Wildman–Crippen MR) is 61.2 cm³/mol. The van der Waals surface area contributed by atoms with Crippen LogP contribution in [-0.4, -0.2) is 19.0 Å². The number of aromatic hydroxyl groups is 1. The lowest BCUT2D eigenvalue weighted by Crippen LogP contribution is -2.30. The summed E-state index contributed by atoms with van der Waals surface area (Å²) in [6.45, 7) is 2.95. The molecule has 9 heteroatoms. The summed E-state index contributed by atoms with van der Waals surface area (Å²) in [6, 6.07) is 0.827. The maximum absolute atomic E-state index is 12.2. The summed E-state index contributed by atoms with van der Waals surface area (Å²) in [7, 11) is -5.57. The van der Waals surface area contributed by atoms with Gasteiger partial charge in [0, 0.05) is 6.07 Å². The van der Waals surface area contributed by atoms with Crippen LogP contribution in [0, 0.1) is 13.8 Å². The predicted octanol–water partition coefficient (Wildman–Crippen LogP) is 2.92. The van der Waals surface area contributed by atoms with Crippen LogP contribution in [0.1, 0.15) is 11.1 Å². The molecule has 0 saturated heterocycles. The lowest BCUT2D eigenvalue weighted by atomic mass is 10.1. The summed E-state index contributed by atoms with van der Waals surface area (Å²) in [5.41, 5.74) is -5.33. The molecule has 0 unspecified atom stereocenters. The first kappa shape index (κ1) is 14.9. The van der Waals surface area contributed by atoms with Crippen molar-refractivity contribution in [3.63, 3.8) is 0 Å². The second kappa shape index (κ2) is 4.51. The molecule has 4 nitrogen and oxygen atoms in total. The fraction of sp³-hybridized carbons (Fsp3) is 0.333. The number of phenols is 1. The zero-order valence-electron chi connectivity index (χ0n) is 9.26. The Morgan fingerprint density at radius 2 is 1.78 bits per heavy atom. The molecule has 102 valence electrons. The van der Waals surface area contributed by atoms with E-state index in [9.17, 15) is 26.7 Å². The fourth-order valence-electron chi connectivity index (χ4n) is 1.14. The Labute approximate surface area is 106 Å². The van der Waals surface area contributed by atoms with Crippen molar-refractivity contribution >= 4 is 27.3 Å². The van der Waals surface area contributed by atoms with Gasteiger partial charge in [-0.05, 0) is 25.0 Å². The first-order valence-corrected chi connectivity index (χ1v) is 6.41. The van der Waals surface area contributed by atoms with Gasteiger partial charge in [0.25, 0.3) is 0 Å². The maximum Gasteiger partial charge on any atom is 0.516 e. The van der Waals surface area contributed by atoms with Gasteiger partial charge in [0.2, 0.25) is 0 Å². The molecule has 0 aromatic heterocycles. The number of phenolic OH excluding ortho intramolecular Hbond substituents is 1. The van der Waals surface area contributed by atoms with Gasteiger partial charge in [0.05, 0.1) is 10.7 Å². The maximum atomic E-state index is 12.2. The average Bonchev–Trinajstić information content (AvgIpc) is 2.21. The van der Waals surface area contributed by atoms with Gasteiger partial charge in [-0.1, -0.05) is 11.6 Å². The van der Waals surface area contributed by atoms with Crippen molar-refractivity contribution in [2.45, 2.75) is 19.4 Å². The van der Waals surface area contributed by atoms with Crippen LogP contribution in [-0.2, 0) is 10.0 Å². The molecule has 0 saturated carbocycles. The van der Waals surface area contributed by atoms with Gasteiger partial charge in [-0.25, -0.2) is 0 Å². The molecule has 0 aliphatic heterocycles. The third kappa shape index (κ3) is 2.64. The lowest BCUT2D eigenvalue weighted by Gasteiger charge is -2.14. The van der Waals surface area contributed by atoms with E-state index in [0.717, 1.165) is 6.07 Å². The highest BCUT2D eigenvalue weighted by Crippen LogP contribution is 2.36. The molecule has 0 radical (unpaired) electrons. The van der Waals surface area contributed by atoms with Crippen molar-refractivity contribution in [3.8, 4) is 5.75 Å². The molecule has 0 fully saturated rings. The highest BCUT2D eigenvalue weighted by atomic mass is 35.5. The molecule has 0 bridgehead atoms. The van der Waals surface area contributed by atoms with Crippen molar-refractivity contribution in [2.75, 3.05) is 4.72 Å². The van der Waals surface area contributed by atoms with E-state index in [4.69, 9.17) is 11.6 Å². The Morgan fingerprint density at radius 1 is 1.28 bits per heavy atom. The third-order valence-electron chi connectivity index (χ3n) is 2.34. The highest BCUT2D eigenvalue weighted by Gasteiger charge is 2.46. The normalized spacial score (nSPS) is 12.6. The summed E-state index contributed by atoms with van der Waals surface area (Å²) in [5.74, 6) is -0.350. The molecule has 0 aliphatic rings. The van der Waals surface area contributed by atoms with Crippen molar-refractivity contribution in [2.24, 2.45) is 0 Å². The standard InChI is InChI=1S/C9H9ClF3NO3S/c1-4-5(2)8(10)6(3-7(4)15)14-18(16,17)9(11,12)13/h3,14-15H,1-2H3. The number of hydrogen-bond donors (Lipinski definition) is 2. The van der Waals surface area contributed by atoms with E-state index in [1.165, 1.54) is 18.6 Å². The Bertz CT molecular complexity index is 584. The topological polar surface area (TPSA) is 66.4 Å². The van der Waals surface area contributed by atoms with E-state index in [2.05, 4.69) is 0 Å². The number of sulfonamides is 1. The Kier molecular flexibility index (Phi) is 3.73. The number of rotatable bonds is 2. The SMILES string of the molecule is Cc1c(O)cc(NS(=O)(=O)C(F)(F)F)c(Cl)c1C. The number of benzene rings is 1. The summed E-state index contributed by atoms with van der Waals surface area (Å²) in [5, 5.41) is 9.23. The van der Waals surface area contributed by atoms with Crippen LogP contribution in [0.4, 0.5) is 18.9 Å². The van der Waals surface area contributed by atoms with E-state index < -0.39 is 21.2 Å². The summed E-state index contributed by atoms with van der Waals surface area (Å²) >= 11 is 5.72. The van der Waals surface area contributed by atoms with Gasteiger partial charge in [0.15, 0.2) is 0 Å². The van der Waals surface area contributed by atoms with Crippen LogP contribution in [0.25, 0.3) is 0 Å². The Balaban J connectivity index is 3.31. The van der Waals surface area contributed by atoms with Crippen LogP contribution in [0.5, 0.6) is 5.75 Å². The molecular formula is C9H9ClF3NO3S. The molecule has 0 aliphatic carbocycles. The van der Waals surface area contributed by atoms with Gasteiger partial charge in [-0.2, -0.15) is 21.6 Å². The van der Waals surface area contributed by atoms with Gasteiger partial charge < -0.3 is 5.11 Å². The van der Waals surface area contributed by atoms with Gasteiger partial charge >= 0.3 is 15.5 Å². The molecule has 0 atom stereocenters. The van der Waals surface area contributed by atoms with Crippen LogP contribution < -0.4 is 4.72 Å². The van der Waals surface area contributed by atoms with Crippen LogP contribution in [0.15, 0.2) is 6.07 Å². The van der Waals surface area contributed by atoms with Crippen molar-refractivity contribution in [3.05, 3.63) is 22.2 Å². The van der Waals surface area contributed by atoms with E-state index >= 15 is 0 Å². The van der Waals surface area contributed by atoms with Crippen LogP contribution in [0.3, 0.4) is 0 Å². The lowest BCUT2D eigenvalue weighted by molar-refractivity contribution is -0.0429. The summed E-state index contributed by atoms with van der Waals surface area (Å²) in [4.78, 5) is 0. The zero-order chi connectivity index (χ0) is 14.3. The molecule has 18 heavy (non-hydrogen) atoms. The highest BCUT2D eigenvalue weighted by molar-refractivity contribution is 7.93. The number of anilines is 1. The summed E-state index contributed by atoms with van der Waals surface area (Å²) in [6.07, 6.45) is 0. The van der Waals surface area contributed by atoms with Crippen molar-refractivity contribution < 1.29 is 26.7 Å². The molecule has 0 spiro atoms. The molecule has 0 heterocycles. The van der Waals surface area contributed by atoms with Crippen molar-refractivity contribution in [1.82, 2.24) is 0 Å². The first-order valence-electron chi connectivity index (χ1n) is 4.55.